The van der Waals surface area contributed by atoms with E-state index in [0.29, 0.717) is 6.04 Å². The van der Waals surface area contributed by atoms with Gasteiger partial charge in [-0.25, -0.2) is 0 Å². The van der Waals surface area contributed by atoms with E-state index in [1.54, 1.807) is 0 Å². The average molecular weight is 317 g/mol. The molecule has 1 saturated heterocycles. The van der Waals surface area contributed by atoms with Crippen molar-refractivity contribution < 1.29 is 0 Å². The number of hydrogen-bond acceptors (Lipinski definition) is 3. The van der Waals surface area contributed by atoms with Crippen LogP contribution in [-0.2, 0) is 6.54 Å². The number of rotatable bonds is 4. The SMILES string of the molecule is Brc1csc(CNCC2CCCCCCN2)c1. The first-order valence-electron chi connectivity index (χ1n) is 6.51. The van der Waals surface area contributed by atoms with Crippen LogP contribution in [0.5, 0.6) is 0 Å². The second-order valence-corrected chi connectivity index (χ2v) is 6.63. The highest BCUT2D eigenvalue weighted by atomic mass is 79.9. The molecule has 0 aromatic carbocycles. The molecule has 1 aliphatic rings. The summed E-state index contributed by atoms with van der Waals surface area (Å²) < 4.78 is 1.20. The molecule has 0 radical (unpaired) electrons. The molecule has 1 aromatic heterocycles. The molecule has 0 saturated carbocycles. The van der Waals surface area contributed by atoms with Crippen LogP contribution in [0.3, 0.4) is 0 Å². The van der Waals surface area contributed by atoms with Crippen molar-refractivity contribution in [3.8, 4) is 0 Å². The summed E-state index contributed by atoms with van der Waals surface area (Å²) in [6, 6.07) is 2.86. The molecule has 4 heteroatoms. The molecular weight excluding hydrogens is 296 g/mol. The Bertz CT molecular complexity index is 319. The smallest absolute Gasteiger partial charge is 0.0300 e. The van der Waals surface area contributed by atoms with Gasteiger partial charge in [-0.2, -0.15) is 0 Å². The molecule has 0 amide bonds. The molecule has 1 aromatic rings. The Morgan fingerprint density at radius 2 is 2.24 bits per heavy atom. The van der Waals surface area contributed by atoms with E-state index in [2.05, 4.69) is 38.0 Å². The molecule has 17 heavy (non-hydrogen) atoms. The van der Waals surface area contributed by atoms with Crippen LogP contribution in [0.2, 0.25) is 0 Å². The van der Waals surface area contributed by atoms with Gasteiger partial charge in [-0.15, -0.1) is 11.3 Å². The Balaban J connectivity index is 1.66. The minimum Gasteiger partial charge on any atom is -0.313 e. The quantitative estimate of drug-likeness (QED) is 0.888. The molecule has 1 unspecified atom stereocenters. The van der Waals surface area contributed by atoms with Gasteiger partial charge >= 0.3 is 0 Å². The van der Waals surface area contributed by atoms with E-state index < -0.39 is 0 Å². The van der Waals surface area contributed by atoms with Crippen LogP contribution in [0.25, 0.3) is 0 Å². The summed E-state index contributed by atoms with van der Waals surface area (Å²) in [5.74, 6) is 0. The first-order chi connectivity index (χ1) is 8.34. The predicted octanol–water partition coefficient (Wildman–Crippen LogP) is 3.52. The fourth-order valence-corrected chi connectivity index (χ4v) is 3.69. The zero-order chi connectivity index (χ0) is 11.9. The molecule has 1 aliphatic heterocycles. The molecule has 0 spiro atoms. The molecule has 0 aliphatic carbocycles. The highest BCUT2D eigenvalue weighted by Crippen LogP contribution is 2.19. The largest absolute Gasteiger partial charge is 0.313 e. The maximum atomic E-state index is 3.64. The molecule has 1 fully saturated rings. The third kappa shape index (κ3) is 5.08. The van der Waals surface area contributed by atoms with Crippen LogP contribution >= 0.6 is 27.3 Å². The minimum absolute atomic E-state index is 0.665. The minimum atomic E-state index is 0.665. The standard InChI is InChI=1S/C13H21BrN2S/c14-11-7-13(17-10-11)9-15-8-12-5-3-1-2-4-6-16-12/h7,10,12,15-16H,1-6,8-9H2. The lowest BCUT2D eigenvalue weighted by atomic mass is 10.0. The summed E-state index contributed by atoms with van der Waals surface area (Å²) in [6.07, 6.45) is 6.85. The molecule has 2 rings (SSSR count). The molecule has 96 valence electrons. The molecule has 2 nitrogen and oxygen atoms in total. The molecule has 2 N–H and O–H groups in total. The van der Waals surface area contributed by atoms with Crippen LogP contribution in [-0.4, -0.2) is 19.1 Å². The van der Waals surface area contributed by atoms with Crippen LogP contribution in [0, 0.1) is 0 Å². The second kappa shape index (κ2) is 7.52. The van der Waals surface area contributed by atoms with E-state index in [-0.39, 0.29) is 0 Å². The van der Waals surface area contributed by atoms with Crippen LogP contribution in [0.4, 0.5) is 0 Å². The van der Waals surface area contributed by atoms with Gasteiger partial charge in [0, 0.05) is 33.9 Å². The van der Waals surface area contributed by atoms with Gasteiger partial charge in [-0.1, -0.05) is 19.3 Å². The van der Waals surface area contributed by atoms with Gasteiger partial charge in [0.15, 0.2) is 0 Å². The van der Waals surface area contributed by atoms with E-state index in [4.69, 9.17) is 0 Å². The zero-order valence-electron chi connectivity index (χ0n) is 10.2. The van der Waals surface area contributed by atoms with Crippen LogP contribution < -0.4 is 10.6 Å². The van der Waals surface area contributed by atoms with Crippen molar-refractivity contribution >= 4 is 27.3 Å². The van der Waals surface area contributed by atoms with Crippen molar-refractivity contribution in [3.05, 3.63) is 20.8 Å². The van der Waals surface area contributed by atoms with Crippen molar-refractivity contribution in [2.24, 2.45) is 0 Å². The van der Waals surface area contributed by atoms with Gasteiger partial charge in [-0.05, 0) is 41.4 Å². The average Bonchev–Trinajstić information content (AvgIpc) is 2.67. The summed E-state index contributed by atoms with van der Waals surface area (Å²) in [5, 5.41) is 9.35. The lowest BCUT2D eigenvalue weighted by Crippen LogP contribution is -2.39. The molecular formula is C13H21BrN2S. The van der Waals surface area contributed by atoms with Gasteiger partial charge in [0.1, 0.15) is 0 Å². The summed E-state index contributed by atoms with van der Waals surface area (Å²) >= 11 is 5.30. The topological polar surface area (TPSA) is 24.1 Å². The Morgan fingerprint density at radius 1 is 1.35 bits per heavy atom. The molecule has 0 bridgehead atoms. The third-order valence-electron chi connectivity index (χ3n) is 3.22. The normalized spacial score (nSPS) is 22.1. The summed E-state index contributed by atoms with van der Waals surface area (Å²) in [7, 11) is 0. The highest BCUT2D eigenvalue weighted by molar-refractivity contribution is 9.10. The third-order valence-corrected chi connectivity index (χ3v) is 4.92. The Hall–Kier alpha value is 0.1000. The van der Waals surface area contributed by atoms with E-state index in [1.165, 1.54) is 48.0 Å². The van der Waals surface area contributed by atoms with E-state index in [0.717, 1.165) is 13.1 Å². The van der Waals surface area contributed by atoms with E-state index in [9.17, 15) is 0 Å². The number of nitrogens with one attached hydrogen (secondary N) is 2. The van der Waals surface area contributed by atoms with Crippen molar-refractivity contribution in [1.29, 1.82) is 0 Å². The fourth-order valence-electron chi connectivity index (χ4n) is 2.27. The first-order valence-corrected chi connectivity index (χ1v) is 8.19. The Kier molecular flexibility index (Phi) is 5.98. The van der Waals surface area contributed by atoms with Crippen molar-refractivity contribution in [2.45, 2.75) is 44.7 Å². The van der Waals surface area contributed by atoms with Crippen molar-refractivity contribution in [1.82, 2.24) is 10.6 Å². The molecule has 1 atom stereocenters. The van der Waals surface area contributed by atoms with Crippen LogP contribution in [0.15, 0.2) is 15.9 Å². The fraction of sp³-hybridized carbons (Fsp3) is 0.692. The van der Waals surface area contributed by atoms with Gasteiger partial charge in [-0.3, -0.25) is 0 Å². The van der Waals surface area contributed by atoms with Gasteiger partial charge in [0.2, 0.25) is 0 Å². The lowest BCUT2D eigenvalue weighted by Gasteiger charge is -2.21. The Labute approximate surface area is 116 Å². The van der Waals surface area contributed by atoms with Crippen molar-refractivity contribution in [3.63, 3.8) is 0 Å². The van der Waals surface area contributed by atoms with Gasteiger partial charge < -0.3 is 10.6 Å². The lowest BCUT2D eigenvalue weighted by molar-refractivity contribution is 0.399. The maximum Gasteiger partial charge on any atom is 0.0300 e. The number of hydrogen-bond donors (Lipinski definition) is 2. The second-order valence-electron chi connectivity index (χ2n) is 4.72. The molecule has 2 heterocycles. The van der Waals surface area contributed by atoms with E-state index >= 15 is 0 Å². The van der Waals surface area contributed by atoms with Crippen molar-refractivity contribution in [2.75, 3.05) is 13.1 Å². The van der Waals surface area contributed by atoms with Crippen LogP contribution in [0.1, 0.15) is 37.0 Å². The maximum absolute atomic E-state index is 3.64. The zero-order valence-corrected chi connectivity index (χ0v) is 12.6. The van der Waals surface area contributed by atoms with Gasteiger partial charge in [0.25, 0.3) is 0 Å². The highest BCUT2D eigenvalue weighted by Gasteiger charge is 2.09. The summed E-state index contributed by atoms with van der Waals surface area (Å²) in [5.41, 5.74) is 0. The van der Waals surface area contributed by atoms with Gasteiger partial charge in [0.05, 0.1) is 0 Å². The summed E-state index contributed by atoms with van der Waals surface area (Å²) in [4.78, 5) is 1.41. The number of thiophene rings is 1. The Morgan fingerprint density at radius 3 is 3.06 bits per heavy atom. The number of halogens is 1. The first kappa shape index (κ1) is 13.5. The predicted molar refractivity (Wildman–Crippen MR) is 78.6 cm³/mol. The van der Waals surface area contributed by atoms with E-state index in [1.807, 2.05) is 11.3 Å². The monoisotopic (exact) mass is 316 g/mol. The summed E-state index contributed by atoms with van der Waals surface area (Å²) in [6.45, 7) is 3.28.